The number of aromatic nitrogens is 2. The number of nitrogens with one attached hydrogen (secondary N) is 1. The number of halogens is 1. The third-order valence-corrected chi connectivity index (χ3v) is 5.08. The standard InChI is InChI=1S/C15H20BrN3S/c1-4-13-15(16)14(19(3)18-13)10-20-12-7-5-6-11(8-12)9-17-2/h5-8,17H,4,9-10H2,1-3H3. The van der Waals surface area contributed by atoms with Crippen LogP contribution in [0.4, 0.5) is 0 Å². The summed E-state index contributed by atoms with van der Waals surface area (Å²) in [4.78, 5) is 1.30. The average Bonchev–Trinajstić information content (AvgIpc) is 2.72. The Hall–Kier alpha value is -0.780. The highest BCUT2D eigenvalue weighted by atomic mass is 79.9. The second-order valence-corrected chi connectivity index (χ2v) is 6.49. The van der Waals surface area contributed by atoms with E-state index >= 15 is 0 Å². The van der Waals surface area contributed by atoms with Crippen molar-refractivity contribution in [1.29, 1.82) is 0 Å². The monoisotopic (exact) mass is 353 g/mol. The van der Waals surface area contributed by atoms with E-state index in [0.29, 0.717) is 0 Å². The number of nitrogens with zero attached hydrogens (tertiary/aromatic N) is 2. The molecule has 0 amide bonds. The second-order valence-electron chi connectivity index (χ2n) is 4.65. The Morgan fingerprint density at radius 3 is 2.85 bits per heavy atom. The molecule has 0 saturated heterocycles. The summed E-state index contributed by atoms with van der Waals surface area (Å²) < 4.78 is 3.13. The highest BCUT2D eigenvalue weighted by Crippen LogP contribution is 2.29. The number of hydrogen-bond acceptors (Lipinski definition) is 3. The minimum absolute atomic E-state index is 0.907. The Balaban J connectivity index is 2.09. The van der Waals surface area contributed by atoms with Gasteiger partial charge in [0.05, 0.1) is 15.9 Å². The van der Waals surface area contributed by atoms with E-state index < -0.39 is 0 Å². The van der Waals surface area contributed by atoms with Crippen LogP contribution in [0.5, 0.6) is 0 Å². The molecule has 0 saturated carbocycles. The van der Waals surface area contributed by atoms with Gasteiger partial charge in [-0.25, -0.2) is 0 Å². The van der Waals surface area contributed by atoms with Crippen molar-refractivity contribution < 1.29 is 0 Å². The van der Waals surface area contributed by atoms with Gasteiger partial charge in [-0.1, -0.05) is 19.1 Å². The number of benzene rings is 1. The fourth-order valence-electron chi connectivity index (χ4n) is 2.08. The summed E-state index contributed by atoms with van der Waals surface area (Å²) >= 11 is 5.52. The molecule has 0 atom stereocenters. The van der Waals surface area contributed by atoms with Crippen LogP contribution in [0.3, 0.4) is 0 Å². The molecule has 0 aliphatic rings. The lowest BCUT2D eigenvalue weighted by molar-refractivity contribution is 0.719. The van der Waals surface area contributed by atoms with E-state index in [2.05, 4.69) is 57.5 Å². The molecule has 0 unspecified atom stereocenters. The molecule has 108 valence electrons. The van der Waals surface area contributed by atoms with E-state index in [9.17, 15) is 0 Å². The van der Waals surface area contributed by atoms with Gasteiger partial charge in [-0.3, -0.25) is 4.68 Å². The smallest absolute Gasteiger partial charge is 0.0767 e. The van der Waals surface area contributed by atoms with E-state index in [4.69, 9.17) is 0 Å². The lowest BCUT2D eigenvalue weighted by Crippen LogP contribution is -2.04. The van der Waals surface area contributed by atoms with Gasteiger partial charge in [0.1, 0.15) is 0 Å². The van der Waals surface area contributed by atoms with Crippen LogP contribution in [0.15, 0.2) is 33.6 Å². The van der Waals surface area contributed by atoms with Gasteiger partial charge in [-0.05, 0) is 47.1 Å². The van der Waals surface area contributed by atoms with Gasteiger partial charge in [0, 0.05) is 24.2 Å². The van der Waals surface area contributed by atoms with Gasteiger partial charge in [0.25, 0.3) is 0 Å². The van der Waals surface area contributed by atoms with Crippen molar-refractivity contribution >= 4 is 27.7 Å². The first-order chi connectivity index (χ1) is 9.65. The van der Waals surface area contributed by atoms with Crippen LogP contribution >= 0.6 is 27.7 Å². The highest BCUT2D eigenvalue weighted by Gasteiger charge is 2.12. The van der Waals surface area contributed by atoms with Crippen molar-refractivity contribution in [3.8, 4) is 0 Å². The SMILES string of the molecule is CCc1nn(C)c(CSc2cccc(CNC)c2)c1Br. The second kappa shape index (κ2) is 7.29. The van der Waals surface area contributed by atoms with E-state index in [0.717, 1.165) is 28.9 Å². The van der Waals surface area contributed by atoms with Crippen LogP contribution in [0, 0.1) is 0 Å². The fraction of sp³-hybridized carbons (Fsp3) is 0.400. The molecule has 0 fully saturated rings. The Kier molecular flexibility index (Phi) is 5.69. The van der Waals surface area contributed by atoms with Crippen molar-refractivity contribution in [2.45, 2.75) is 30.5 Å². The first kappa shape index (κ1) is 15.6. The lowest BCUT2D eigenvalue weighted by Gasteiger charge is -2.06. The molecule has 20 heavy (non-hydrogen) atoms. The Morgan fingerprint density at radius 1 is 1.40 bits per heavy atom. The predicted molar refractivity (Wildman–Crippen MR) is 89.1 cm³/mol. The molecule has 0 spiro atoms. The van der Waals surface area contributed by atoms with Crippen LogP contribution < -0.4 is 5.32 Å². The van der Waals surface area contributed by atoms with Crippen molar-refractivity contribution in [2.24, 2.45) is 7.05 Å². The molecule has 1 aromatic carbocycles. The van der Waals surface area contributed by atoms with Gasteiger partial charge in [0.15, 0.2) is 0 Å². The third kappa shape index (κ3) is 3.65. The number of rotatable bonds is 6. The molecule has 2 rings (SSSR count). The topological polar surface area (TPSA) is 29.9 Å². The molecule has 0 bridgehead atoms. The summed E-state index contributed by atoms with van der Waals surface area (Å²) in [5.41, 5.74) is 3.69. The lowest BCUT2D eigenvalue weighted by atomic mass is 10.2. The molecular formula is C15H20BrN3S. The Morgan fingerprint density at radius 2 is 2.20 bits per heavy atom. The molecule has 5 heteroatoms. The van der Waals surface area contributed by atoms with Crippen LogP contribution in [-0.4, -0.2) is 16.8 Å². The van der Waals surface area contributed by atoms with Crippen LogP contribution in [0.2, 0.25) is 0 Å². The molecule has 3 nitrogen and oxygen atoms in total. The zero-order valence-corrected chi connectivity index (χ0v) is 14.5. The van der Waals surface area contributed by atoms with Gasteiger partial charge in [0.2, 0.25) is 0 Å². The Bertz CT molecular complexity index is 580. The van der Waals surface area contributed by atoms with E-state index in [1.54, 1.807) is 0 Å². The maximum Gasteiger partial charge on any atom is 0.0767 e. The molecule has 2 aromatic rings. The normalized spacial score (nSPS) is 11.0. The maximum absolute atomic E-state index is 4.53. The number of thioether (sulfide) groups is 1. The zero-order chi connectivity index (χ0) is 14.5. The fourth-order valence-corrected chi connectivity index (χ4v) is 4.06. The van der Waals surface area contributed by atoms with E-state index in [1.165, 1.54) is 16.2 Å². The van der Waals surface area contributed by atoms with E-state index in [-0.39, 0.29) is 0 Å². The zero-order valence-electron chi connectivity index (χ0n) is 12.1. The van der Waals surface area contributed by atoms with Gasteiger partial charge < -0.3 is 5.32 Å². The maximum atomic E-state index is 4.53. The first-order valence-electron chi connectivity index (χ1n) is 6.72. The van der Waals surface area contributed by atoms with Crippen LogP contribution in [-0.2, 0) is 25.8 Å². The quantitative estimate of drug-likeness (QED) is 0.802. The molecular weight excluding hydrogens is 334 g/mol. The van der Waals surface area contributed by atoms with Crippen molar-refractivity contribution in [1.82, 2.24) is 15.1 Å². The number of aryl methyl sites for hydroxylation is 2. The Labute approximate surface area is 133 Å². The van der Waals surface area contributed by atoms with Crippen molar-refractivity contribution in [3.63, 3.8) is 0 Å². The minimum atomic E-state index is 0.907. The third-order valence-electron chi connectivity index (χ3n) is 3.16. The summed E-state index contributed by atoms with van der Waals surface area (Å²) in [6.45, 7) is 3.04. The predicted octanol–water partition coefficient (Wildman–Crippen LogP) is 3.76. The average molecular weight is 354 g/mol. The molecule has 0 aliphatic carbocycles. The summed E-state index contributed by atoms with van der Waals surface area (Å²) in [7, 11) is 3.98. The molecule has 1 aromatic heterocycles. The number of hydrogen-bond donors (Lipinski definition) is 1. The summed E-state index contributed by atoms with van der Waals surface area (Å²) in [5, 5.41) is 7.72. The first-order valence-corrected chi connectivity index (χ1v) is 8.50. The van der Waals surface area contributed by atoms with E-state index in [1.807, 2.05) is 30.5 Å². The molecule has 0 aliphatic heterocycles. The largest absolute Gasteiger partial charge is 0.316 e. The van der Waals surface area contributed by atoms with Crippen molar-refractivity contribution in [2.75, 3.05) is 7.05 Å². The minimum Gasteiger partial charge on any atom is -0.316 e. The summed E-state index contributed by atoms with van der Waals surface area (Å²) in [5.74, 6) is 0.924. The summed E-state index contributed by atoms with van der Waals surface area (Å²) in [6, 6.07) is 8.67. The molecule has 1 N–H and O–H groups in total. The van der Waals surface area contributed by atoms with Crippen LogP contribution in [0.1, 0.15) is 23.9 Å². The van der Waals surface area contributed by atoms with Crippen molar-refractivity contribution in [3.05, 3.63) is 45.7 Å². The van der Waals surface area contributed by atoms with Gasteiger partial charge in [-0.15, -0.1) is 11.8 Å². The van der Waals surface area contributed by atoms with Gasteiger partial charge >= 0.3 is 0 Å². The molecule has 1 heterocycles. The molecule has 0 radical (unpaired) electrons. The van der Waals surface area contributed by atoms with Gasteiger partial charge in [-0.2, -0.15) is 5.10 Å². The summed E-state index contributed by atoms with van der Waals surface area (Å²) in [6.07, 6.45) is 0.955. The van der Waals surface area contributed by atoms with Crippen LogP contribution in [0.25, 0.3) is 0 Å². The highest BCUT2D eigenvalue weighted by molar-refractivity contribution is 9.10.